The van der Waals surface area contributed by atoms with Gasteiger partial charge in [-0.2, -0.15) is 0 Å². The van der Waals surface area contributed by atoms with Crippen molar-refractivity contribution >= 4 is 29.9 Å². The second-order valence-corrected chi connectivity index (χ2v) is 7.84. The van der Waals surface area contributed by atoms with Gasteiger partial charge in [-0.15, -0.1) is 12.4 Å². The number of halogens is 2. The normalized spacial score (nSPS) is 21.4. The smallest absolute Gasteiger partial charge is 0.257 e. The lowest BCUT2D eigenvalue weighted by atomic mass is 10.0. The Hall–Kier alpha value is -1.79. The molecule has 2 aromatic carbocycles. The predicted molar refractivity (Wildman–Crippen MR) is 116 cm³/mol. The van der Waals surface area contributed by atoms with Gasteiger partial charge >= 0.3 is 0 Å². The fourth-order valence-electron chi connectivity index (χ4n) is 3.67. The highest BCUT2D eigenvalue weighted by molar-refractivity contribution is 6.31. The van der Waals surface area contributed by atoms with E-state index in [1.54, 1.807) is 18.2 Å². The fraction of sp³-hybridized carbons (Fsp3) is 0.409. The molecule has 0 radical (unpaired) electrons. The summed E-state index contributed by atoms with van der Waals surface area (Å²) in [7, 11) is 0. The maximum absolute atomic E-state index is 13.4. The number of carbonyl (C=O) groups excluding carboxylic acids is 1. The van der Waals surface area contributed by atoms with Crippen LogP contribution in [0.3, 0.4) is 0 Å². The van der Waals surface area contributed by atoms with Crippen molar-refractivity contribution in [2.24, 2.45) is 11.7 Å². The second kappa shape index (κ2) is 9.81. The van der Waals surface area contributed by atoms with Crippen LogP contribution in [0.25, 0.3) is 0 Å². The van der Waals surface area contributed by atoms with Crippen LogP contribution in [0.2, 0.25) is 5.02 Å². The van der Waals surface area contributed by atoms with Crippen LogP contribution in [0, 0.1) is 5.92 Å². The molecule has 1 aliphatic carbocycles. The Morgan fingerprint density at radius 2 is 1.93 bits per heavy atom. The van der Waals surface area contributed by atoms with E-state index in [0.29, 0.717) is 48.5 Å². The molecule has 0 unspecified atom stereocenters. The molecule has 2 N–H and O–H groups in total. The number of nitrogens with zero attached hydrogens (tertiary/aromatic N) is 1. The third-order valence-electron chi connectivity index (χ3n) is 5.28. The Bertz CT molecular complexity index is 830. The SMILES string of the molecule is Cl.NCCOc1ccc(Cl)cc1C(=O)N1C[C@@H](c2ccccc2)O[C@@H](C2CC2)C1. The molecular weight excluding hydrogens is 411 g/mol. The molecule has 1 saturated carbocycles. The van der Waals surface area contributed by atoms with Gasteiger partial charge in [0.2, 0.25) is 0 Å². The first-order valence-corrected chi connectivity index (χ1v) is 10.2. The number of ether oxygens (including phenoxy) is 2. The Labute approximate surface area is 182 Å². The van der Waals surface area contributed by atoms with E-state index in [-0.39, 0.29) is 30.5 Å². The van der Waals surface area contributed by atoms with Crippen LogP contribution in [0.5, 0.6) is 5.75 Å². The Morgan fingerprint density at radius 3 is 2.62 bits per heavy atom. The molecule has 0 spiro atoms. The van der Waals surface area contributed by atoms with E-state index in [9.17, 15) is 4.79 Å². The van der Waals surface area contributed by atoms with Crippen molar-refractivity contribution in [1.82, 2.24) is 4.90 Å². The summed E-state index contributed by atoms with van der Waals surface area (Å²) in [6.07, 6.45) is 2.26. The van der Waals surface area contributed by atoms with Crippen molar-refractivity contribution in [1.29, 1.82) is 0 Å². The van der Waals surface area contributed by atoms with Gasteiger partial charge in [-0.1, -0.05) is 41.9 Å². The van der Waals surface area contributed by atoms with Crippen LogP contribution in [0.4, 0.5) is 0 Å². The molecule has 5 nitrogen and oxygen atoms in total. The van der Waals surface area contributed by atoms with E-state index < -0.39 is 0 Å². The van der Waals surface area contributed by atoms with Crippen LogP contribution in [0.1, 0.15) is 34.9 Å². The molecule has 2 fully saturated rings. The van der Waals surface area contributed by atoms with Gasteiger partial charge in [-0.05, 0) is 42.5 Å². The van der Waals surface area contributed by atoms with Gasteiger partial charge in [-0.25, -0.2) is 0 Å². The van der Waals surface area contributed by atoms with Gasteiger partial charge in [0.1, 0.15) is 18.5 Å². The largest absolute Gasteiger partial charge is 0.491 e. The third-order valence-corrected chi connectivity index (χ3v) is 5.51. The number of hydrogen-bond donors (Lipinski definition) is 1. The van der Waals surface area contributed by atoms with E-state index in [4.69, 9.17) is 26.8 Å². The van der Waals surface area contributed by atoms with Crippen LogP contribution in [-0.2, 0) is 4.74 Å². The molecule has 1 amide bonds. The van der Waals surface area contributed by atoms with Crippen molar-refractivity contribution < 1.29 is 14.3 Å². The standard InChI is InChI=1S/C22H25ClN2O3.ClH/c23-17-8-9-19(27-11-10-24)18(12-17)22(26)25-13-20(15-4-2-1-3-5-15)28-21(14-25)16-6-7-16;/h1-5,8-9,12,16,20-21H,6-7,10-11,13-14,24H2;1H/t20-,21+;/m0./s1. The van der Waals surface area contributed by atoms with Gasteiger partial charge < -0.3 is 20.1 Å². The number of carbonyl (C=O) groups is 1. The molecule has 1 heterocycles. The molecule has 2 aromatic rings. The summed E-state index contributed by atoms with van der Waals surface area (Å²) in [5, 5.41) is 0.509. The average Bonchev–Trinajstić information content (AvgIpc) is 3.58. The summed E-state index contributed by atoms with van der Waals surface area (Å²) in [6.45, 7) is 1.83. The maximum atomic E-state index is 13.4. The minimum absolute atomic E-state index is 0. The highest BCUT2D eigenvalue weighted by Gasteiger charge is 2.40. The first kappa shape index (κ1) is 21.9. The zero-order valence-corrected chi connectivity index (χ0v) is 17.7. The van der Waals surface area contributed by atoms with E-state index in [1.807, 2.05) is 23.1 Å². The number of nitrogens with two attached hydrogens (primary N) is 1. The summed E-state index contributed by atoms with van der Waals surface area (Å²) >= 11 is 6.17. The van der Waals surface area contributed by atoms with Crippen molar-refractivity contribution in [3.63, 3.8) is 0 Å². The number of benzene rings is 2. The predicted octanol–water partition coefficient (Wildman–Crippen LogP) is 4.09. The van der Waals surface area contributed by atoms with Crippen LogP contribution in [-0.4, -0.2) is 43.2 Å². The van der Waals surface area contributed by atoms with Gasteiger partial charge in [0, 0.05) is 18.1 Å². The molecule has 4 rings (SSSR count). The minimum atomic E-state index is -0.128. The molecule has 7 heteroatoms. The quantitative estimate of drug-likeness (QED) is 0.740. The van der Waals surface area contributed by atoms with Crippen molar-refractivity contribution in [2.75, 3.05) is 26.2 Å². The first-order chi connectivity index (χ1) is 13.7. The first-order valence-electron chi connectivity index (χ1n) is 9.78. The van der Waals surface area contributed by atoms with E-state index in [2.05, 4.69) is 12.1 Å². The number of rotatable bonds is 6. The molecular formula is C22H26Cl2N2O3. The summed E-state index contributed by atoms with van der Waals surface area (Å²) in [5.74, 6) is 0.976. The molecule has 0 bridgehead atoms. The summed E-state index contributed by atoms with van der Waals surface area (Å²) in [5.41, 5.74) is 7.12. The van der Waals surface area contributed by atoms with Gasteiger partial charge in [-0.3, -0.25) is 4.79 Å². The van der Waals surface area contributed by atoms with Crippen molar-refractivity contribution in [2.45, 2.75) is 25.0 Å². The summed E-state index contributed by atoms with van der Waals surface area (Å²) in [4.78, 5) is 15.3. The van der Waals surface area contributed by atoms with Gasteiger partial charge in [0.25, 0.3) is 5.91 Å². The van der Waals surface area contributed by atoms with E-state index in [0.717, 1.165) is 18.4 Å². The number of morpholine rings is 1. The monoisotopic (exact) mass is 436 g/mol. The Kier molecular flexibility index (Phi) is 7.41. The molecule has 2 aliphatic rings. The molecule has 29 heavy (non-hydrogen) atoms. The van der Waals surface area contributed by atoms with E-state index >= 15 is 0 Å². The van der Waals surface area contributed by atoms with Crippen molar-refractivity contribution in [3.8, 4) is 5.75 Å². The zero-order valence-electron chi connectivity index (χ0n) is 16.1. The van der Waals surface area contributed by atoms with Crippen LogP contribution in [0.15, 0.2) is 48.5 Å². The van der Waals surface area contributed by atoms with Crippen LogP contribution >= 0.6 is 24.0 Å². The third kappa shape index (κ3) is 5.23. The molecule has 156 valence electrons. The average molecular weight is 437 g/mol. The van der Waals surface area contributed by atoms with Gasteiger partial charge in [0.05, 0.1) is 18.2 Å². The molecule has 1 aliphatic heterocycles. The summed E-state index contributed by atoms with van der Waals surface area (Å²) < 4.78 is 12.1. The lowest BCUT2D eigenvalue weighted by Crippen LogP contribution is -2.47. The van der Waals surface area contributed by atoms with Crippen LogP contribution < -0.4 is 10.5 Å². The maximum Gasteiger partial charge on any atom is 0.257 e. The van der Waals surface area contributed by atoms with E-state index in [1.165, 1.54) is 0 Å². The highest BCUT2D eigenvalue weighted by atomic mass is 35.5. The fourth-order valence-corrected chi connectivity index (χ4v) is 3.84. The Balaban J connectivity index is 0.00000240. The molecule has 2 atom stereocenters. The lowest BCUT2D eigenvalue weighted by Gasteiger charge is -2.39. The molecule has 0 aromatic heterocycles. The summed E-state index contributed by atoms with van der Waals surface area (Å²) in [6, 6.07) is 15.2. The van der Waals surface area contributed by atoms with Gasteiger partial charge in [0.15, 0.2) is 0 Å². The minimum Gasteiger partial charge on any atom is -0.491 e. The second-order valence-electron chi connectivity index (χ2n) is 7.40. The molecule has 1 saturated heterocycles. The zero-order chi connectivity index (χ0) is 19.5. The topological polar surface area (TPSA) is 64.8 Å². The lowest BCUT2D eigenvalue weighted by molar-refractivity contribution is -0.0864. The highest BCUT2D eigenvalue weighted by Crippen LogP contribution is 2.40. The van der Waals surface area contributed by atoms with Crippen molar-refractivity contribution in [3.05, 3.63) is 64.7 Å². The number of hydrogen-bond acceptors (Lipinski definition) is 4. The number of amides is 1. The Morgan fingerprint density at radius 1 is 1.17 bits per heavy atom.